The van der Waals surface area contributed by atoms with Gasteiger partial charge in [0.25, 0.3) is 0 Å². The Kier molecular flexibility index (Phi) is 5.40. The van der Waals surface area contributed by atoms with Crippen LogP contribution in [0.25, 0.3) is 0 Å². The van der Waals surface area contributed by atoms with Crippen molar-refractivity contribution in [3.63, 3.8) is 0 Å². The van der Waals surface area contributed by atoms with E-state index in [4.69, 9.17) is 5.73 Å². The summed E-state index contributed by atoms with van der Waals surface area (Å²) >= 11 is 1.86. The second-order valence-corrected chi connectivity index (χ2v) is 7.08. The van der Waals surface area contributed by atoms with Gasteiger partial charge in [-0.1, -0.05) is 27.7 Å². The molecule has 0 aliphatic heterocycles. The first-order valence-electron chi connectivity index (χ1n) is 6.10. The number of thioether (sulfide) groups is 1. The van der Waals surface area contributed by atoms with E-state index in [-0.39, 0.29) is 10.8 Å². The van der Waals surface area contributed by atoms with Crippen molar-refractivity contribution >= 4 is 11.8 Å². The summed E-state index contributed by atoms with van der Waals surface area (Å²) in [5, 5.41) is 0. The summed E-state index contributed by atoms with van der Waals surface area (Å²) in [5.41, 5.74) is 7.03. The van der Waals surface area contributed by atoms with Crippen LogP contribution in [0.2, 0.25) is 0 Å². The molecule has 0 saturated heterocycles. The molecule has 0 aliphatic carbocycles. The van der Waals surface area contributed by atoms with E-state index in [1.807, 2.05) is 24.2 Å². The van der Waals surface area contributed by atoms with Crippen molar-refractivity contribution in [2.24, 2.45) is 5.73 Å². The van der Waals surface area contributed by atoms with Gasteiger partial charge in [0.1, 0.15) is 5.82 Å². The van der Waals surface area contributed by atoms with Crippen molar-refractivity contribution in [3.8, 4) is 0 Å². The fraction of sp³-hybridized carbons (Fsp3) is 0.692. The van der Waals surface area contributed by atoms with Crippen LogP contribution in [-0.4, -0.2) is 20.8 Å². The number of rotatable bonds is 5. The fourth-order valence-electron chi connectivity index (χ4n) is 1.29. The molecule has 1 aromatic rings. The van der Waals surface area contributed by atoms with Crippen molar-refractivity contribution in [1.82, 2.24) is 9.97 Å². The standard InChI is InChI=1S/C13H23N3S/c1-5-11(14)6-10-7-15-12(16-8-10)9-17-13(2,3)4/h7-8,11H,5-6,9,14H2,1-4H3. The zero-order valence-corrected chi connectivity index (χ0v) is 12.0. The average Bonchev–Trinajstić information content (AvgIpc) is 2.27. The Morgan fingerprint density at radius 2 is 1.88 bits per heavy atom. The fourth-order valence-corrected chi connectivity index (χ4v) is 2.00. The van der Waals surface area contributed by atoms with Gasteiger partial charge < -0.3 is 5.73 Å². The van der Waals surface area contributed by atoms with Crippen molar-refractivity contribution < 1.29 is 0 Å². The van der Waals surface area contributed by atoms with Crippen LogP contribution in [0.15, 0.2) is 12.4 Å². The van der Waals surface area contributed by atoms with Gasteiger partial charge in [0.05, 0.1) is 5.75 Å². The number of hydrogen-bond donors (Lipinski definition) is 1. The van der Waals surface area contributed by atoms with Gasteiger partial charge in [-0.3, -0.25) is 0 Å². The van der Waals surface area contributed by atoms with Crippen LogP contribution in [-0.2, 0) is 12.2 Å². The zero-order valence-electron chi connectivity index (χ0n) is 11.2. The molecule has 0 amide bonds. The summed E-state index contributed by atoms with van der Waals surface area (Å²) in [7, 11) is 0. The molecule has 0 fully saturated rings. The van der Waals surface area contributed by atoms with Crippen LogP contribution in [0.4, 0.5) is 0 Å². The van der Waals surface area contributed by atoms with Crippen LogP contribution in [0.1, 0.15) is 45.5 Å². The lowest BCUT2D eigenvalue weighted by molar-refractivity contribution is 0.642. The Morgan fingerprint density at radius 3 is 2.35 bits per heavy atom. The van der Waals surface area contributed by atoms with Gasteiger partial charge in [0.15, 0.2) is 0 Å². The minimum absolute atomic E-state index is 0.216. The van der Waals surface area contributed by atoms with Gasteiger partial charge in [0, 0.05) is 23.2 Å². The summed E-state index contributed by atoms with van der Waals surface area (Å²) in [6.07, 6.45) is 5.66. The molecule has 0 spiro atoms. The molecule has 17 heavy (non-hydrogen) atoms. The lowest BCUT2D eigenvalue weighted by Gasteiger charge is -2.16. The van der Waals surface area contributed by atoms with E-state index in [1.54, 1.807) is 0 Å². The summed E-state index contributed by atoms with van der Waals surface area (Å²) in [6.45, 7) is 8.70. The first-order valence-corrected chi connectivity index (χ1v) is 7.08. The molecular weight excluding hydrogens is 230 g/mol. The van der Waals surface area contributed by atoms with Crippen molar-refractivity contribution in [1.29, 1.82) is 0 Å². The third-order valence-electron chi connectivity index (χ3n) is 2.42. The van der Waals surface area contributed by atoms with Crippen molar-refractivity contribution in [2.75, 3.05) is 0 Å². The van der Waals surface area contributed by atoms with Gasteiger partial charge in [-0.25, -0.2) is 9.97 Å². The van der Waals surface area contributed by atoms with Crippen molar-refractivity contribution in [3.05, 3.63) is 23.8 Å². The van der Waals surface area contributed by atoms with Crippen LogP contribution in [0.5, 0.6) is 0 Å². The summed E-state index contributed by atoms with van der Waals surface area (Å²) in [4.78, 5) is 8.76. The molecule has 1 rings (SSSR count). The van der Waals surface area contributed by atoms with E-state index in [0.717, 1.165) is 30.0 Å². The molecule has 3 nitrogen and oxygen atoms in total. The predicted octanol–water partition coefficient (Wildman–Crippen LogP) is 2.79. The highest BCUT2D eigenvalue weighted by Gasteiger charge is 2.11. The minimum atomic E-state index is 0.216. The third-order valence-corrected chi connectivity index (χ3v) is 3.68. The third kappa shape index (κ3) is 6.03. The minimum Gasteiger partial charge on any atom is -0.327 e. The van der Waals surface area contributed by atoms with E-state index in [2.05, 4.69) is 37.7 Å². The topological polar surface area (TPSA) is 51.8 Å². The Balaban J connectivity index is 2.50. The summed E-state index contributed by atoms with van der Waals surface area (Å²) in [6, 6.07) is 0.216. The molecule has 0 saturated carbocycles. The van der Waals surface area contributed by atoms with E-state index in [0.29, 0.717) is 0 Å². The van der Waals surface area contributed by atoms with Crippen LogP contribution in [0, 0.1) is 0 Å². The maximum atomic E-state index is 5.90. The Bertz CT molecular complexity index is 330. The largest absolute Gasteiger partial charge is 0.327 e. The molecule has 1 unspecified atom stereocenters. The van der Waals surface area contributed by atoms with Gasteiger partial charge in [-0.15, -0.1) is 11.8 Å². The molecule has 1 aromatic heterocycles. The van der Waals surface area contributed by atoms with Crippen molar-refractivity contribution in [2.45, 2.75) is 57.1 Å². The number of nitrogens with zero attached hydrogens (tertiary/aromatic N) is 2. The highest BCUT2D eigenvalue weighted by Crippen LogP contribution is 2.25. The van der Waals surface area contributed by atoms with E-state index in [9.17, 15) is 0 Å². The number of hydrogen-bond acceptors (Lipinski definition) is 4. The Hall–Kier alpha value is -0.610. The number of aromatic nitrogens is 2. The van der Waals surface area contributed by atoms with Gasteiger partial charge >= 0.3 is 0 Å². The Morgan fingerprint density at radius 1 is 1.29 bits per heavy atom. The zero-order chi connectivity index (χ0) is 12.9. The average molecular weight is 253 g/mol. The molecule has 2 N–H and O–H groups in total. The first-order chi connectivity index (χ1) is 7.90. The molecule has 1 heterocycles. The predicted molar refractivity (Wildman–Crippen MR) is 75.1 cm³/mol. The molecule has 4 heteroatoms. The van der Waals surface area contributed by atoms with E-state index in [1.165, 1.54) is 0 Å². The lowest BCUT2D eigenvalue weighted by Crippen LogP contribution is -2.21. The molecule has 1 atom stereocenters. The molecule has 0 radical (unpaired) electrons. The molecule has 0 aromatic carbocycles. The van der Waals surface area contributed by atoms with Gasteiger partial charge in [-0.05, 0) is 18.4 Å². The summed E-state index contributed by atoms with van der Waals surface area (Å²) in [5.74, 6) is 1.77. The first kappa shape index (κ1) is 14.5. The highest BCUT2D eigenvalue weighted by atomic mass is 32.2. The second kappa shape index (κ2) is 6.36. The second-order valence-electron chi connectivity index (χ2n) is 5.28. The molecule has 0 aliphatic rings. The molecule has 96 valence electrons. The van der Waals surface area contributed by atoms with E-state index >= 15 is 0 Å². The van der Waals surface area contributed by atoms with Gasteiger partial charge in [-0.2, -0.15) is 0 Å². The number of nitrogens with two attached hydrogens (primary N) is 1. The van der Waals surface area contributed by atoms with Crippen LogP contribution >= 0.6 is 11.8 Å². The van der Waals surface area contributed by atoms with Gasteiger partial charge in [0.2, 0.25) is 0 Å². The van der Waals surface area contributed by atoms with E-state index < -0.39 is 0 Å². The Labute approximate surface area is 109 Å². The lowest BCUT2D eigenvalue weighted by atomic mass is 10.1. The maximum Gasteiger partial charge on any atom is 0.138 e. The smallest absolute Gasteiger partial charge is 0.138 e. The highest BCUT2D eigenvalue weighted by molar-refractivity contribution is 7.99. The SMILES string of the molecule is CCC(N)Cc1cnc(CSC(C)(C)C)nc1. The monoisotopic (exact) mass is 253 g/mol. The quantitative estimate of drug-likeness (QED) is 0.876. The van der Waals surface area contributed by atoms with Crippen LogP contribution < -0.4 is 5.73 Å². The maximum absolute atomic E-state index is 5.90. The van der Waals surface area contributed by atoms with Crippen LogP contribution in [0.3, 0.4) is 0 Å². The summed E-state index contributed by atoms with van der Waals surface area (Å²) < 4.78 is 0.257. The molecular formula is C13H23N3S. The normalized spacial score (nSPS) is 13.7. The molecule has 0 bridgehead atoms.